The minimum absolute atomic E-state index is 0.0612. The Morgan fingerprint density at radius 2 is 1.93 bits per heavy atom. The number of nitrogens with one attached hydrogen (secondary N) is 1. The Morgan fingerprint density at radius 3 is 2.54 bits per heavy atom. The number of benzene rings is 1. The molecule has 1 fully saturated rings. The van der Waals surface area contributed by atoms with Gasteiger partial charge < -0.3 is 10.2 Å². The molecule has 5 nitrogen and oxygen atoms in total. The molecule has 0 saturated heterocycles. The minimum atomic E-state index is -0.210. The summed E-state index contributed by atoms with van der Waals surface area (Å²) in [6.07, 6.45) is 6.10. The standard InChI is InChI=1S/C22H29N3O2S/c1-3-19(17-10-6-4-7-11-17)21(27)25(18-12-8-5-9-13-18)14-20(26)24-22-23-16(2)15-28-22/h4,6-7,10-11,15,18-19H,3,5,8-9,12-14H2,1-2H3,(H,23,24,26)/t19-/m1/s1. The van der Waals surface area contributed by atoms with Crippen LogP contribution in [0.25, 0.3) is 0 Å². The Labute approximate surface area is 171 Å². The molecule has 1 heterocycles. The number of hydrogen-bond donors (Lipinski definition) is 1. The van der Waals surface area contributed by atoms with Gasteiger partial charge in [0.05, 0.1) is 11.6 Å². The van der Waals surface area contributed by atoms with Gasteiger partial charge in [-0.15, -0.1) is 11.3 Å². The fraction of sp³-hybridized carbons (Fsp3) is 0.500. The zero-order chi connectivity index (χ0) is 19.9. The van der Waals surface area contributed by atoms with Crippen molar-refractivity contribution in [2.45, 2.75) is 64.3 Å². The van der Waals surface area contributed by atoms with Crippen molar-refractivity contribution in [3.05, 3.63) is 47.0 Å². The number of nitrogens with zero attached hydrogens (tertiary/aromatic N) is 2. The van der Waals surface area contributed by atoms with Crippen molar-refractivity contribution in [1.29, 1.82) is 0 Å². The van der Waals surface area contributed by atoms with Gasteiger partial charge in [-0.25, -0.2) is 4.98 Å². The van der Waals surface area contributed by atoms with Gasteiger partial charge in [0.2, 0.25) is 11.8 Å². The highest BCUT2D eigenvalue weighted by Gasteiger charge is 2.32. The molecule has 1 atom stereocenters. The average molecular weight is 400 g/mol. The summed E-state index contributed by atoms with van der Waals surface area (Å²) in [4.78, 5) is 32.3. The number of carbonyl (C=O) groups excluding carboxylic acids is 2. The molecule has 0 radical (unpaired) electrons. The number of thiazole rings is 1. The lowest BCUT2D eigenvalue weighted by molar-refractivity contribution is -0.139. The lowest BCUT2D eigenvalue weighted by Crippen LogP contribution is -2.47. The van der Waals surface area contributed by atoms with Crippen LogP contribution in [-0.4, -0.2) is 34.3 Å². The van der Waals surface area contributed by atoms with Crippen LogP contribution in [0.15, 0.2) is 35.7 Å². The lowest BCUT2D eigenvalue weighted by Gasteiger charge is -2.36. The van der Waals surface area contributed by atoms with E-state index in [0.29, 0.717) is 5.13 Å². The van der Waals surface area contributed by atoms with Crippen molar-refractivity contribution in [1.82, 2.24) is 9.88 Å². The van der Waals surface area contributed by atoms with Crippen LogP contribution in [-0.2, 0) is 9.59 Å². The highest BCUT2D eigenvalue weighted by molar-refractivity contribution is 7.13. The van der Waals surface area contributed by atoms with E-state index < -0.39 is 0 Å². The molecule has 0 aliphatic heterocycles. The third-order valence-electron chi connectivity index (χ3n) is 5.39. The molecule has 3 rings (SSSR count). The van der Waals surface area contributed by atoms with Crippen molar-refractivity contribution in [3.8, 4) is 0 Å². The molecule has 28 heavy (non-hydrogen) atoms. The molecule has 2 amide bonds. The second-order valence-corrected chi connectivity index (χ2v) is 8.33. The van der Waals surface area contributed by atoms with E-state index in [1.807, 2.05) is 54.5 Å². The molecule has 0 bridgehead atoms. The summed E-state index contributed by atoms with van der Waals surface area (Å²) in [5.74, 6) is -0.319. The maximum absolute atomic E-state index is 13.5. The zero-order valence-corrected chi connectivity index (χ0v) is 17.5. The Morgan fingerprint density at radius 1 is 1.21 bits per heavy atom. The normalized spacial score (nSPS) is 15.8. The zero-order valence-electron chi connectivity index (χ0n) is 16.7. The first kappa shape index (κ1) is 20.5. The third-order valence-corrected chi connectivity index (χ3v) is 6.26. The van der Waals surface area contributed by atoms with Crippen molar-refractivity contribution in [2.75, 3.05) is 11.9 Å². The Hall–Kier alpha value is -2.21. The van der Waals surface area contributed by atoms with Crippen LogP contribution in [0.5, 0.6) is 0 Å². The van der Waals surface area contributed by atoms with Gasteiger partial charge in [0.25, 0.3) is 0 Å². The number of aromatic nitrogens is 1. The average Bonchev–Trinajstić information content (AvgIpc) is 3.12. The third kappa shape index (κ3) is 5.19. The highest BCUT2D eigenvalue weighted by atomic mass is 32.1. The number of carbonyl (C=O) groups is 2. The van der Waals surface area contributed by atoms with Crippen molar-refractivity contribution < 1.29 is 9.59 Å². The van der Waals surface area contributed by atoms with E-state index >= 15 is 0 Å². The van der Waals surface area contributed by atoms with Crippen LogP contribution in [0.2, 0.25) is 0 Å². The summed E-state index contributed by atoms with van der Waals surface area (Å²) >= 11 is 1.41. The van der Waals surface area contributed by atoms with E-state index in [9.17, 15) is 9.59 Å². The first-order chi connectivity index (χ1) is 13.6. The van der Waals surface area contributed by atoms with Gasteiger partial charge in [-0.3, -0.25) is 9.59 Å². The molecular weight excluding hydrogens is 370 g/mol. The molecule has 0 unspecified atom stereocenters. The van der Waals surface area contributed by atoms with Crippen LogP contribution in [0.1, 0.15) is 62.6 Å². The van der Waals surface area contributed by atoms with Gasteiger partial charge in [0, 0.05) is 11.4 Å². The fourth-order valence-electron chi connectivity index (χ4n) is 3.94. The molecule has 1 aromatic heterocycles. The first-order valence-corrected chi connectivity index (χ1v) is 11.0. The maximum Gasteiger partial charge on any atom is 0.245 e. The summed E-state index contributed by atoms with van der Waals surface area (Å²) in [6, 6.07) is 10.0. The molecule has 2 aromatic rings. The number of amides is 2. The molecular formula is C22H29N3O2S. The maximum atomic E-state index is 13.5. The fourth-order valence-corrected chi connectivity index (χ4v) is 4.65. The topological polar surface area (TPSA) is 62.3 Å². The van der Waals surface area contributed by atoms with Crippen molar-refractivity contribution in [2.24, 2.45) is 0 Å². The van der Waals surface area contributed by atoms with Crippen LogP contribution >= 0.6 is 11.3 Å². The minimum Gasteiger partial charge on any atom is -0.330 e. The lowest BCUT2D eigenvalue weighted by atomic mass is 9.90. The van der Waals surface area contributed by atoms with Crippen molar-refractivity contribution in [3.63, 3.8) is 0 Å². The predicted molar refractivity (Wildman–Crippen MR) is 114 cm³/mol. The Kier molecular flexibility index (Phi) is 7.20. The van der Waals surface area contributed by atoms with E-state index in [2.05, 4.69) is 10.3 Å². The molecule has 1 aromatic carbocycles. The summed E-state index contributed by atoms with van der Waals surface area (Å²) in [7, 11) is 0. The second-order valence-electron chi connectivity index (χ2n) is 7.47. The van der Waals surface area contributed by atoms with E-state index in [0.717, 1.165) is 43.4 Å². The number of rotatable bonds is 7. The van der Waals surface area contributed by atoms with Gasteiger partial charge in [-0.2, -0.15) is 0 Å². The molecule has 0 spiro atoms. The molecule has 1 aliphatic rings. The quantitative estimate of drug-likeness (QED) is 0.731. The number of hydrogen-bond acceptors (Lipinski definition) is 4. The van der Waals surface area contributed by atoms with Gasteiger partial charge >= 0.3 is 0 Å². The largest absolute Gasteiger partial charge is 0.330 e. The van der Waals surface area contributed by atoms with Gasteiger partial charge in [-0.1, -0.05) is 56.5 Å². The summed E-state index contributed by atoms with van der Waals surface area (Å²) in [5.41, 5.74) is 1.91. The number of anilines is 1. The molecule has 1 aliphatic carbocycles. The van der Waals surface area contributed by atoms with E-state index in [1.165, 1.54) is 17.8 Å². The van der Waals surface area contributed by atoms with E-state index in [-0.39, 0.29) is 30.3 Å². The highest BCUT2D eigenvalue weighted by Crippen LogP contribution is 2.28. The molecule has 1 saturated carbocycles. The molecule has 1 N–H and O–H groups in total. The summed E-state index contributed by atoms with van der Waals surface area (Å²) < 4.78 is 0. The predicted octanol–water partition coefficient (Wildman–Crippen LogP) is 4.75. The first-order valence-electron chi connectivity index (χ1n) is 10.2. The van der Waals surface area contributed by atoms with Gasteiger partial charge in [-0.05, 0) is 31.7 Å². The molecule has 6 heteroatoms. The van der Waals surface area contributed by atoms with Gasteiger partial charge in [0.15, 0.2) is 5.13 Å². The Balaban J connectivity index is 1.77. The van der Waals surface area contributed by atoms with Crippen LogP contribution < -0.4 is 5.32 Å². The summed E-state index contributed by atoms with van der Waals surface area (Å²) in [6.45, 7) is 4.02. The van der Waals surface area contributed by atoms with Crippen molar-refractivity contribution >= 4 is 28.3 Å². The van der Waals surface area contributed by atoms with E-state index in [1.54, 1.807) is 0 Å². The molecule has 150 valence electrons. The van der Waals surface area contributed by atoms with Gasteiger partial charge in [0.1, 0.15) is 6.54 Å². The second kappa shape index (κ2) is 9.82. The summed E-state index contributed by atoms with van der Waals surface area (Å²) in [5, 5.41) is 5.35. The van der Waals surface area contributed by atoms with E-state index in [4.69, 9.17) is 0 Å². The van der Waals surface area contributed by atoms with Crippen LogP contribution in [0.4, 0.5) is 5.13 Å². The monoisotopic (exact) mass is 399 g/mol. The number of aryl methyl sites for hydroxylation is 1. The van der Waals surface area contributed by atoms with Crippen LogP contribution in [0.3, 0.4) is 0 Å². The Bertz CT molecular complexity index is 784. The smallest absolute Gasteiger partial charge is 0.245 e. The van der Waals surface area contributed by atoms with Crippen LogP contribution in [0, 0.1) is 6.92 Å². The SMILES string of the molecule is CC[C@@H](C(=O)N(CC(=O)Nc1nc(C)cs1)C1CCCCC1)c1ccccc1.